The molecule has 0 aromatic carbocycles. The minimum absolute atomic E-state index is 0.0961. The highest BCUT2D eigenvalue weighted by Crippen LogP contribution is 2.33. The number of aliphatic hydroxyl groups is 1. The van der Waals surface area contributed by atoms with E-state index in [1.807, 2.05) is 6.92 Å². The van der Waals surface area contributed by atoms with E-state index >= 15 is 0 Å². The zero-order chi connectivity index (χ0) is 13.9. The standard InChI is InChI=1S/C14H23N3O3/c1-2-19-12-8-17(7-11(12)18)9-13-15-14(20-16-13)10-5-3-4-6-10/h10-12,18H,2-9H2,1H3/t11-,12-/m1/s1. The van der Waals surface area contributed by atoms with Gasteiger partial charge in [-0.1, -0.05) is 18.0 Å². The fraction of sp³-hybridized carbons (Fsp3) is 0.857. The summed E-state index contributed by atoms with van der Waals surface area (Å²) < 4.78 is 10.9. The summed E-state index contributed by atoms with van der Waals surface area (Å²) >= 11 is 0. The van der Waals surface area contributed by atoms with Gasteiger partial charge in [-0.3, -0.25) is 4.90 Å². The molecule has 0 unspecified atom stereocenters. The second-order valence-corrected chi connectivity index (χ2v) is 5.79. The SMILES string of the molecule is CCO[C@@H]1CN(Cc2noc(C3CCCC3)n2)C[C@H]1O. The second kappa shape index (κ2) is 6.20. The molecule has 2 fully saturated rings. The third-order valence-corrected chi connectivity index (χ3v) is 4.25. The number of likely N-dealkylation sites (tertiary alicyclic amines) is 1. The number of aromatic nitrogens is 2. The number of hydrogen-bond acceptors (Lipinski definition) is 6. The van der Waals surface area contributed by atoms with Crippen molar-refractivity contribution in [1.82, 2.24) is 15.0 Å². The van der Waals surface area contributed by atoms with Crippen LogP contribution in [0.1, 0.15) is 50.2 Å². The second-order valence-electron chi connectivity index (χ2n) is 5.79. The molecule has 112 valence electrons. The van der Waals surface area contributed by atoms with Crippen LogP contribution < -0.4 is 0 Å². The number of ether oxygens (including phenoxy) is 1. The van der Waals surface area contributed by atoms with E-state index in [1.165, 1.54) is 12.8 Å². The third kappa shape index (κ3) is 3.02. The van der Waals surface area contributed by atoms with Crippen molar-refractivity contribution in [2.75, 3.05) is 19.7 Å². The molecule has 6 nitrogen and oxygen atoms in total. The van der Waals surface area contributed by atoms with E-state index in [2.05, 4.69) is 15.0 Å². The van der Waals surface area contributed by atoms with Gasteiger partial charge in [-0.2, -0.15) is 4.98 Å². The maximum atomic E-state index is 9.92. The molecule has 6 heteroatoms. The van der Waals surface area contributed by atoms with Crippen LogP contribution in [0.4, 0.5) is 0 Å². The highest BCUT2D eigenvalue weighted by atomic mass is 16.5. The lowest BCUT2D eigenvalue weighted by Crippen LogP contribution is -2.26. The molecule has 0 spiro atoms. The van der Waals surface area contributed by atoms with E-state index in [0.717, 1.165) is 31.1 Å². The van der Waals surface area contributed by atoms with E-state index in [-0.39, 0.29) is 6.10 Å². The first-order valence-electron chi connectivity index (χ1n) is 7.60. The number of β-amino-alcohol motifs (C(OH)–C–C–N with tert-alkyl or cyclic N) is 1. The van der Waals surface area contributed by atoms with Crippen LogP contribution in [-0.4, -0.2) is 52.1 Å². The molecule has 2 aliphatic rings. The summed E-state index contributed by atoms with van der Waals surface area (Å²) in [5.41, 5.74) is 0. The van der Waals surface area contributed by atoms with Crippen molar-refractivity contribution >= 4 is 0 Å². The lowest BCUT2D eigenvalue weighted by Gasteiger charge is -2.13. The maximum absolute atomic E-state index is 9.92. The molecule has 2 heterocycles. The molecule has 1 aromatic heterocycles. The van der Waals surface area contributed by atoms with Crippen LogP contribution in [-0.2, 0) is 11.3 Å². The molecule has 0 radical (unpaired) electrons. The summed E-state index contributed by atoms with van der Waals surface area (Å²) in [6, 6.07) is 0. The fourth-order valence-corrected chi connectivity index (χ4v) is 3.21. The molecule has 1 N–H and O–H groups in total. The summed E-state index contributed by atoms with van der Waals surface area (Å²) in [4.78, 5) is 6.63. The minimum atomic E-state index is -0.420. The predicted octanol–water partition coefficient (Wildman–Crippen LogP) is 1.31. The summed E-state index contributed by atoms with van der Waals surface area (Å²) in [7, 11) is 0. The normalized spacial score (nSPS) is 28.5. The van der Waals surface area contributed by atoms with Crippen molar-refractivity contribution < 1.29 is 14.4 Å². The van der Waals surface area contributed by atoms with Crippen molar-refractivity contribution in [2.24, 2.45) is 0 Å². The quantitative estimate of drug-likeness (QED) is 0.877. The predicted molar refractivity (Wildman–Crippen MR) is 72.2 cm³/mol. The molecule has 1 aliphatic heterocycles. The first-order valence-corrected chi connectivity index (χ1v) is 7.60. The lowest BCUT2D eigenvalue weighted by molar-refractivity contribution is -0.00246. The Morgan fingerprint density at radius 3 is 2.90 bits per heavy atom. The van der Waals surface area contributed by atoms with Gasteiger partial charge in [0.15, 0.2) is 5.82 Å². The van der Waals surface area contributed by atoms with Gasteiger partial charge >= 0.3 is 0 Å². The molecule has 0 bridgehead atoms. The van der Waals surface area contributed by atoms with Gasteiger partial charge in [0, 0.05) is 25.6 Å². The lowest BCUT2D eigenvalue weighted by atomic mass is 10.1. The van der Waals surface area contributed by atoms with E-state index in [1.54, 1.807) is 0 Å². The molecule has 1 aromatic rings. The van der Waals surface area contributed by atoms with Crippen LogP contribution in [0.25, 0.3) is 0 Å². The van der Waals surface area contributed by atoms with Crippen LogP contribution in [0.5, 0.6) is 0 Å². The summed E-state index contributed by atoms with van der Waals surface area (Å²) in [5, 5.41) is 14.0. The van der Waals surface area contributed by atoms with Gasteiger partial charge in [-0.25, -0.2) is 0 Å². The smallest absolute Gasteiger partial charge is 0.229 e. The van der Waals surface area contributed by atoms with Crippen LogP contribution in [0.2, 0.25) is 0 Å². The van der Waals surface area contributed by atoms with Crippen molar-refractivity contribution in [3.05, 3.63) is 11.7 Å². The molecule has 1 aliphatic carbocycles. The number of aliphatic hydroxyl groups excluding tert-OH is 1. The third-order valence-electron chi connectivity index (χ3n) is 4.25. The Morgan fingerprint density at radius 1 is 1.35 bits per heavy atom. The summed E-state index contributed by atoms with van der Waals surface area (Å²) in [6.45, 7) is 4.53. The summed E-state index contributed by atoms with van der Waals surface area (Å²) in [5.74, 6) is 1.96. The molecule has 1 saturated carbocycles. The van der Waals surface area contributed by atoms with Crippen molar-refractivity contribution in [3.8, 4) is 0 Å². The first kappa shape index (κ1) is 14.0. The Hall–Kier alpha value is -0.980. The minimum Gasteiger partial charge on any atom is -0.389 e. The Labute approximate surface area is 119 Å². The van der Waals surface area contributed by atoms with Gasteiger partial charge in [-0.05, 0) is 19.8 Å². The summed E-state index contributed by atoms with van der Waals surface area (Å²) in [6.07, 6.45) is 4.33. The van der Waals surface area contributed by atoms with Gasteiger partial charge < -0.3 is 14.4 Å². The Morgan fingerprint density at radius 2 is 2.15 bits per heavy atom. The average Bonchev–Trinajstić information content (AvgIpc) is 3.12. The molecule has 0 amide bonds. The molecule has 20 heavy (non-hydrogen) atoms. The number of hydrogen-bond donors (Lipinski definition) is 1. The largest absolute Gasteiger partial charge is 0.389 e. The van der Waals surface area contributed by atoms with Gasteiger partial charge in [0.2, 0.25) is 5.89 Å². The topological polar surface area (TPSA) is 71.6 Å². The molecule has 3 rings (SSSR count). The highest BCUT2D eigenvalue weighted by molar-refractivity contribution is 4.97. The fourth-order valence-electron chi connectivity index (χ4n) is 3.21. The van der Waals surface area contributed by atoms with Crippen LogP contribution in [0.15, 0.2) is 4.52 Å². The Bertz CT molecular complexity index is 431. The van der Waals surface area contributed by atoms with Gasteiger partial charge in [0.05, 0.1) is 18.8 Å². The average molecular weight is 281 g/mol. The van der Waals surface area contributed by atoms with Crippen LogP contribution >= 0.6 is 0 Å². The van der Waals surface area contributed by atoms with Crippen molar-refractivity contribution in [2.45, 2.75) is 57.3 Å². The van der Waals surface area contributed by atoms with Gasteiger partial charge in [0.1, 0.15) is 0 Å². The monoisotopic (exact) mass is 281 g/mol. The van der Waals surface area contributed by atoms with E-state index < -0.39 is 6.10 Å². The zero-order valence-corrected chi connectivity index (χ0v) is 12.0. The van der Waals surface area contributed by atoms with Crippen LogP contribution in [0, 0.1) is 0 Å². The molecular formula is C14H23N3O3. The Kier molecular flexibility index (Phi) is 4.33. The van der Waals surface area contributed by atoms with Gasteiger partial charge in [-0.15, -0.1) is 0 Å². The van der Waals surface area contributed by atoms with E-state index in [9.17, 15) is 5.11 Å². The van der Waals surface area contributed by atoms with Crippen molar-refractivity contribution in [1.29, 1.82) is 0 Å². The highest BCUT2D eigenvalue weighted by Gasteiger charge is 2.32. The molecular weight excluding hydrogens is 258 g/mol. The number of rotatable bonds is 5. The van der Waals surface area contributed by atoms with E-state index in [4.69, 9.17) is 9.26 Å². The van der Waals surface area contributed by atoms with E-state index in [0.29, 0.717) is 25.6 Å². The number of nitrogens with zero attached hydrogens (tertiary/aromatic N) is 3. The Balaban J connectivity index is 1.56. The van der Waals surface area contributed by atoms with Gasteiger partial charge in [0.25, 0.3) is 0 Å². The first-order chi connectivity index (χ1) is 9.76. The zero-order valence-electron chi connectivity index (χ0n) is 12.0. The molecule has 1 saturated heterocycles. The maximum Gasteiger partial charge on any atom is 0.229 e. The molecule has 2 atom stereocenters. The van der Waals surface area contributed by atoms with Crippen LogP contribution in [0.3, 0.4) is 0 Å². The van der Waals surface area contributed by atoms with Crippen molar-refractivity contribution in [3.63, 3.8) is 0 Å².